The molecule has 2 heterocycles. The minimum Gasteiger partial charge on any atom is -0.352 e. The third-order valence-corrected chi connectivity index (χ3v) is 4.46. The lowest BCUT2D eigenvalue weighted by Crippen LogP contribution is -2.46. The molecule has 0 unspecified atom stereocenters. The molecule has 29 heavy (non-hydrogen) atoms. The Morgan fingerprint density at radius 1 is 1.14 bits per heavy atom. The van der Waals surface area contributed by atoms with Crippen molar-refractivity contribution < 1.29 is 18.0 Å². The van der Waals surface area contributed by atoms with E-state index in [2.05, 4.69) is 15.4 Å². The molecular formula is C18H22ClF3N6O. The maximum atomic E-state index is 13.8. The van der Waals surface area contributed by atoms with Gasteiger partial charge in [0, 0.05) is 50.6 Å². The summed E-state index contributed by atoms with van der Waals surface area (Å²) < 4.78 is 40.1. The second-order valence-corrected chi connectivity index (χ2v) is 6.53. The predicted octanol–water partition coefficient (Wildman–Crippen LogP) is 1.43. The van der Waals surface area contributed by atoms with Gasteiger partial charge >= 0.3 is 0 Å². The Bertz CT molecular complexity index is 829. The van der Waals surface area contributed by atoms with Gasteiger partial charge in [0.15, 0.2) is 11.6 Å². The quantitative estimate of drug-likeness (QED) is 0.698. The van der Waals surface area contributed by atoms with Gasteiger partial charge in [0.2, 0.25) is 5.91 Å². The zero-order valence-electron chi connectivity index (χ0n) is 15.5. The molecule has 1 aliphatic rings. The smallest absolute Gasteiger partial charge is 0.238 e. The lowest BCUT2D eigenvalue weighted by molar-refractivity contribution is -0.134. The summed E-state index contributed by atoms with van der Waals surface area (Å²) in [5.74, 6) is -2.81. The molecule has 1 aliphatic heterocycles. The summed E-state index contributed by atoms with van der Waals surface area (Å²) in [6.45, 7) is 2.14. The largest absolute Gasteiger partial charge is 0.352 e. The van der Waals surface area contributed by atoms with Crippen LogP contribution in [0.4, 0.5) is 19.0 Å². The Balaban J connectivity index is 0.00000300. The lowest BCUT2D eigenvalue weighted by Gasteiger charge is -2.23. The number of amides is 1. The van der Waals surface area contributed by atoms with Crippen LogP contribution in [-0.2, 0) is 11.2 Å². The first kappa shape index (κ1) is 22.9. The number of nitrogens with two attached hydrogens (primary N) is 1. The first-order valence-electron chi connectivity index (χ1n) is 8.88. The number of hydrogen-bond acceptors (Lipinski definition) is 6. The van der Waals surface area contributed by atoms with Gasteiger partial charge in [0.1, 0.15) is 11.6 Å². The normalized spacial score (nSPS) is 15.4. The van der Waals surface area contributed by atoms with Gasteiger partial charge in [-0.3, -0.25) is 14.8 Å². The van der Waals surface area contributed by atoms with Crippen LogP contribution >= 0.6 is 12.4 Å². The highest BCUT2D eigenvalue weighted by Gasteiger charge is 2.22. The lowest BCUT2D eigenvalue weighted by atomic mass is 10.0. The number of anilines is 1. The molecule has 0 saturated carbocycles. The first-order valence-corrected chi connectivity index (χ1v) is 8.88. The summed E-state index contributed by atoms with van der Waals surface area (Å²) in [6, 6.07) is 0.530. The summed E-state index contributed by atoms with van der Waals surface area (Å²) in [5.41, 5.74) is 8.92. The van der Waals surface area contributed by atoms with Crippen LogP contribution in [0.5, 0.6) is 0 Å². The fourth-order valence-corrected chi connectivity index (χ4v) is 3.04. The Hall–Kier alpha value is -2.43. The Labute approximate surface area is 172 Å². The average molecular weight is 431 g/mol. The summed E-state index contributed by atoms with van der Waals surface area (Å²) in [4.78, 5) is 22.8. The van der Waals surface area contributed by atoms with Gasteiger partial charge in [-0.15, -0.1) is 12.4 Å². The third-order valence-electron chi connectivity index (χ3n) is 4.46. The summed E-state index contributed by atoms with van der Waals surface area (Å²) in [6.07, 6.45) is 4.72. The molecule has 0 spiro atoms. The topological polar surface area (TPSA) is 87.4 Å². The minimum atomic E-state index is -1.26. The van der Waals surface area contributed by atoms with Gasteiger partial charge < -0.3 is 10.6 Å². The third kappa shape index (κ3) is 6.02. The highest BCUT2D eigenvalue weighted by atomic mass is 35.5. The Kier molecular flexibility index (Phi) is 8.18. The van der Waals surface area contributed by atoms with Gasteiger partial charge in [0.05, 0.1) is 12.7 Å². The zero-order chi connectivity index (χ0) is 20.1. The number of carbonyl (C=O) groups excluding carboxylic acids is 1. The number of hydrazine groups is 1. The van der Waals surface area contributed by atoms with E-state index in [9.17, 15) is 18.0 Å². The van der Waals surface area contributed by atoms with Crippen molar-refractivity contribution in [1.29, 1.82) is 0 Å². The van der Waals surface area contributed by atoms with Crippen molar-refractivity contribution in [3.05, 3.63) is 53.7 Å². The van der Waals surface area contributed by atoms with E-state index in [0.29, 0.717) is 32.2 Å². The molecule has 1 fully saturated rings. The number of nitrogens with one attached hydrogen (secondary N) is 1. The van der Waals surface area contributed by atoms with E-state index in [-0.39, 0.29) is 36.7 Å². The van der Waals surface area contributed by atoms with Gasteiger partial charge in [-0.05, 0) is 18.1 Å². The highest BCUT2D eigenvalue weighted by molar-refractivity contribution is 5.85. The van der Waals surface area contributed by atoms with Crippen molar-refractivity contribution in [3.63, 3.8) is 0 Å². The summed E-state index contributed by atoms with van der Waals surface area (Å²) >= 11 is 0. The molecule has 7 nitrogen and oxygen atoms in total. The fourth-order valence-electron chi connectivity index (χ4n) is 3.04. The zero-order valence-corrected chi connectivity index (χ0v) is 16.3. The van der Waals surface area contributed by atoms with Crippen molar-refractivity contribution in [1.82, 2.24) is 20.4 Å². The second-order valence-electron chi connectivity index (χ2n) is 6.53. The molecule has 0 bridgehead atoms. The molecule has 2 aromatic rings. The molecule has 3 rings (SSSR count). The molecule has 3 N–H and O–H groups in total. The van der Waals surface area contributed by atoms with E-state index in [1.807, 2.05) is 4.90 Å². The van der Waals surface area contributed by atoms with Crippen LogP contribution in [0.15, 0.2) is 30.7 Å². The molecule has 0 aliphatic carbocycles. The molecular weight excluding hydrogens is 409 g/mol. The van der Waals surface area contributed by atoms with Crippen molar-refractivity contribution in [2.75, 3.05) is 31.1 Å². The molecule has 158 valence electrons. The van der Waals surface area contributed by atoms with Crippen LogP contribution < -0.4 is 16.1 Å². The van der Waals surface area contributed by atoms with Crippen molar-refractivity contribution in [2.24, 2.45) is 5.73 Å². The van der Waals surface area contributed by atoms with Crippen LogP contribution in [0.1, 0.15) is 12.0 Å². The number of halogens is 4. The highest BCUT2D eigenvalue weighted by Crippen LogP contribution is 2.16. The van der Waals surface area contributed by atoms with Gasteiger partial charge in [0.25, 0.3) is 0 Å². The number of aromatic nitrogens is 2. The van der Waals surface area contributed by atoms with Gasteiger partial charge in [-0.1, -0.05) is 0 Å². The molecule has 1 atom stereocenters. The van der Waals surface area contributed by atoms with E-state index in [1.54, 1.807) is 18.6 Å². The van der Waals surface area contributed by atoms with Gasteiger partial charge in [-0.2, -0.15) is 0 Å². The molecule has 1 saturated heterocycles. The van der Waals surface area contributed by atoms with E-state index in [4.69, 9.17) is 5.73 Å². The standard InChI is InChI=1S/C18H21F3N6O.ClH/c19-14-10-16(21)15(20)8-12(14)7-13(22)9-18(28)27-6-5-26(4-3-25-27)17-11-23-1-2-24-17;/h1-2,8,10-11,13,25H,3-7,9,22H2;1H/t13-;/m1./s1. The Morgan fingerprint density at radius 2 is 1.90 bits per heavy atom. The number of carbonyl (C=O) groups is 1. The molecule has 1 aromatic carbocycles. The summed E-state index contributed by atoms with van der Waals surface area (Å²) in [7, 11) is 0. The number of rotatable bonds is 5. The number of hydrogen-bond donors (Lipinski definition) is 2. The van der Waals surface area contributed by atoms with Crippen LogP contribution in [0.2, 0.25) is 0 Å². The van der Waals surface area contributed by atoms with Gasteiger partial charge in [-0.25, -0.2) is 23.6 Å². The van der Waals surface area contributed by atoms with E-state index < -0.39 is 23.5 Å². The predicted molar refractivity (Wildman–Crippen MR) is 104 cm³/mol. The Morgan fingerprint density at radius 3 is 2.62 bits per heavy atom. The van der Waals surface area contributed by atoms with E-state index in [0.717, 1.165) is 11.9 Å². The molecule has 1 amide bonds. The van der Waals surface area contributed by atoms with Crippen LogP contribution in [-0.4, -0.2) is 53.1 Å². The number of benzene rings is 1. The SMILES string of the molecule is Cl.N[C@@H](CC(=O)N1CCN(c2cnccn2)CCN1)Cc1cc(F)c(F)cc1F. The van der Waals surface area contributed by atoms with E-state index in [1.165, 1.54) is 5.01 Å². The molecule has 1 aromatic heterocycles. The van der Waals surface area contributed by atoms with Crippen molar-refractivity contribution in [3.8, 4) is 0 Å². The van der Waals surface area contributed by atoms with Crippen LogP contribution in [0.25, 0.3) is 0 Å². The van der Waals surface area contributed by atoms with Crippen LogP contribution in [0, 0.1) is 17.5 Å². The minimum absolute atomic E-state index is 0. The fraction of sp³-hybridized carbons (Fsp3) is 0.389. The molecule has 0 radical (unpaired) electrons. The second kappa shape index (κ2) is 10.4. The molecule has 11 heteroatoms. The number of nitrogens with zero attached hydrogens (tertiary/aromatic N) is 4. The first-order chi connectivity index (χ1) is 13.4. The van der Waals surface area contributed by atoms with Crippen molar-refractivity contribution >= 4 is 24.1 Å². The summed E-state index contributed by atoms with van der Waals surface area (Å²) in [5, 5.41) is 1.47. The maximum absolute atomic E-state index is 13.8. The average Bonchev–Trinajstić information content (AvgIpc) is 2.93. The monoisotopic (exact) mass is 430 g/mol. The van der Waals surface area contributed by atoms with Crippen LogP contribution in [0.3, 0.4) is 0 Å². The maximum Gasteiger partial charge on any atom is 0.238 e. The van der Waals surface area contributed by atoms with E-state index >= 15 is 0 Å². The van der Waals surface area contributed by atoms with Crippen molar-refractivity contribution in [2.45, 2.75) is 18.9 Å².